The Morgan fingerprint density at radius 2 is 2.32 bits per heavy atom. The molecule has 2 rings (SSSR count). The van der Waals surface area contributed by atoms with Gasteiger partial charge in [0.1, 0.15) is 0 Å². The van der Waals surface area contributed by atoms with Crippen LogP contribution in [0.1, 0.15) is 17.4 Å². The Morgan fingerprint density at radius 1 is 1.53 bits per heavy atom. The fourth-order valence-electron chi connectivity index (χ4n) is 1.54. The summed E-state index contributed by atoms with van der Waals surface area (Å²) in [6.45, 7) is 2.00. The van der Waals surface area contributed by atoms with Gasteiger partial charge in [-0.25, -0.2) is 9.78 Å². The van der Waals surface area contributed by atoms with E-state index in [0.29, 0.717) is 10.2 Å². The van der Waals surface area contributed by atoms with Crippen LogP contribution in [0.15, 0.2) is 35.1 Å². The predicted molar refractivity (Wildman–Crippen MR) is 75.5 cm³/mol. The zero-order valence-electron chi connectivity index (χ0n) is 10.3. The summed E-state index contributed by atoms with van der Waals surface area (Å²) >= 11 is 3.32. The van der Waals surface area contributed by atoms with Gasteiger partial charge >= 0.3 is 5.97 Å². The van der Waals surface area contributed by atoms with Gasteiger partial charge in [-0.1, -0.05) is 0 Å². The van der Waals surface area contributed by atoms with Crippen LogP contribution in [0, 0.1) is 0 Å². The van der Waals surface area contributed by atoms with Crippen LogP contribution in [-0.2, 0) is 4.74 Å². The molecule has 2 aromatic heterocycles. The van der Waals surface area contributed by atoms with E-state index in [1.165, 1.54) is 0 Å². The van der Waals surface area contributed by atoms with Crippen molar-refractivity contribution in [3.63, 3.8) is 0 Å². The van der Waals surface area contributed by atoms with Gasteiger partial charge in [-0.15, -0.1) is 0 Å². The maximum atomic E-state index is 11.8. The molecule has 19 heavy (non-hydrogen) atoms. The number of nitrogen functional groups attached to an aromatic ring is 1. The Balaban J connectivity index is 2.51. The fraction of sp³-hybridized carbons (Fsp3) is 0.154. The molecule has 0 aliphatic rings. The number of nitrogens with zero attached hydrogens (tertiary/aromatic N) is 2. The molecule has 0 aromatic carbocycles. The number of rotatable bonds is 3. The summed E-state index contributed by atoms with van der Waals surface area (Å²) in [5.41, 5.74) is 7.62. The number of nitrogens with two attached hydrogens (primary N) is 1. The first-order chi connectivity index (χ1) is 9.13. The first-order valence-electron chi connectivity index (χ1n) is 5.67. The summed E-state index contributed by atoms with van der Waals surface area (Å²) in [6, 6.07) is 5.40. The van der Waals surface area contributed by atoms with Crippen molar-refractivity contribution < 1.29 is 9.53 Å². The second-order valence-electron chi connectivity index (χ2n) is 3.71. The summed E-state index contributed by atoms with van der Waals surface area (Å²) < 4.78 is 5.54. The molecule has 98 valence electrons. The molecule has 0 fully saturated rings. The molecule has 0 spiro atoms. The third-order valence-corrected chi connectivity index (χ3v) is 3.09. The van der Waals surface area contributed by atoms with Crippen molar-refractivity contribution in [1.29, 1.82) is 0 Å². The zero-order valence-corrected chi connectivity index (χ0v) is 11.8. The molecule has 6 heteroatoms. The summed E-state index contributed by atoms with van der Waals surface area (Å²) in [6.07, 6.45) is 3.34. The highest BCUT2D eigenvalue weighted by atomic mass is 79.9. The van der Waals surface area contributed by atoms with Crippen LogP contribution in [0.4, 0.5) is 5.69 Å². The normalized spacial score (nSPS) is 10.2. The number of pyridine rings is 2. The monoisotopic (exact) mass is 321 g/mol. The van der Waals surface area contributed by atoms with Crippen molar-refractivity contribution in [1.82, 2.24) is 9.97 Å². The van der Waals surface area contributed by atoms with Crippen molar-refractivity contribution in [3.8, 4) is 11.3 Å². The second-order valence-corrected chi connectivity index (χ2v) is 4.57. The highest BCUT2D eigenvalue weighted by Crippen LogP contribution is 2.28. The predicted octanol–water partition coefficient (Wildman–Crippen LogP) is 2.67. The van der Waals surface area contributed by atoms with E-state index >= 15 is 0 Å². The van der Waals surface area contributed by atoms with Gasteiger partial charge in [0, 0.05) is 22.4 Å². The lowest BCUT2D eigenvalue weighted by Gasteiger charge is -2.09. The molecule has 0 atom stereocenters. The van der Waals surface area contributed by atoms with Crippen molar-refractivity contribution in [2.75, 3.05) is 12.3 Å². The molecule has 0 saturated carbocycles. The number of halogens is 1. The first-order valence-corrected chi connectivity index (χ1v) is 6.46. The minimum atomic E-state index is -0.536. The van der Waals surface area contributed by atoms with E-state index in [-0.39, 0.29) is 18.0 Å². The first kappa shape index (κ1) is 13.5. The highest BCUT2D eigenvalue weighted by molar-refractivity contribution is 9.10. The Kier molecular flexibility index (Phi) is 4.11. The Labute approximate surface area is 119 Å². The van der Waals surface area contributed by atoms with Crippen LogP contribution in [0.3, 0.4) is 0 Å². The number of aromatic nitrogens is 2. The van der Waals surface area contributed by atoms with Crippen LogP contribution in [-0.4, -0.2) is 22.5 Å². The number of ether oxygens (including phenoxy) is 1. The maximum Gasteiger partial charge on any atom is 0.359 e. The average Bonchev–Trinajstić information content (AvgIpc) is 2.43. The van der Waals surface area contributed by atoms with E-state index in [4.69, 9.17) is 10.5 Å². The fourth-order valence-corrected chi connectivity index (χ4v) is 1.95. The van der Waals surface area contributed by atoms with Crippen molar-refractivity contribution in [3.05, 3.63) is 40.8 Å². The molecule has 2 aromatic rings. The van der Waals surface area contributed by atoms with Gasteiger partial charge in [0.15, 0.2) is 5.69 Å². The second kappa shape index (κ2) is 5.79. The molecule has 0 bridgehead atoms. The van der Waals surface area contributed by atoms with Gasteiger partial charge in [0.05, 0.1) is 18.0 Å². The van der Waals surface area contributed by atoms with E-state index < -0.39 is 5.97 Å². The van der Waals surface area contributed by atoms with Crippen LogP contribution in [0.2, 0.25) is 0 Å². The van der Waals surface area contributed by atoms with Crippen LogP contribution in [0.5, 0.6) is 0 Å². The summed E-state index contributed by atoms with van der Waals surface area (Å²) in [5, 5.41) is 0. The number of carbonyl (C=O) groups excluding carboxylic acids is 1. The summed E-state index contributed by atoms with van der Waals surface area (Å²) in [7, 11) is 0. The Bertz CT molecular complexity index is 602. The molecule has 0 amide bonds. The minimum absolute atomic E-state index is 0.107. The molecule has 0 saturated heterocycles. The molecule has 5 nitrogen and oxygen atoms in total. The van der Waals surface area contributed by atoms with Gasteiger partial charge in [0.25, 0.3) is 0 Å². The SMILES string of the molecule is CCOC(=O)c1nc(-c2cccnc2)cc(Br)c1N. The van der Waals surface area contributed by atoms with Gasteiger partial charge in [0.2, 0.25) is 0 Å². The molecule has 0 aliphatic carbocycles. The lowest BCUT2D eigenvalue weighted by Crippen LogP contribution is -2.11. The van der Waals surface area contributed by atoms with Gasteiger partial charge < -0.3 is 10.5 Å². The largest absolute Gasteiger partial charge is 0.461 e. The third kappa shape index (κ3) is 2.90. The lowest BCUT2D eigenvalue weighted by molar-refractivity contribution is 0.0521. The maximum absolute atomic E-state index is 11.8. The standard InChI is InChI=1S/C13H12BrN3O2/c1-2-19-13(18)12-11(15)9(14)6-10(17-12)8-4-3-5-16-7-8/h3-7H,2,15H2,1H3. The van der Waals surface area contributed by atoms with Crippen LogP contribution in [0.25, 0.3) is 11.3 Å². The molecular weight excluding hydrogens is 310 g/mol. The zero-order chi connectivity index (χ0) is 13.8. The number of hydrogen-bond acceptors (Lipinski definition) is 5. The molecule has 0 radical (unpaired) electrons. The minimum Gasteiger partial charge on any atom is -0.461 e. The molecule has 0 unspecified atom stereocenters. The van der Waals surface area contributed by atoms with Crippen molar-refractivity contribution in [2.24, 2.45) is 0 Å². The number of carbonyl (C=O) groups is 1. The highest BCUT2D eigenvalue weighted by Gasteiger charge is 2.17. The van der Waals surface area contributed by atoms with E-state index in [1.807, 2.05) is 6.07 Å². The average molecular weight is 322 g/mol. The topological polar surface area (TPSA) is 78.1 Å². The van der Waals surface area contributed by atoms with Crippen molar-refractivity contribution >= 4 is 27.6 Å². The van der Waals surface area contributed by atoms with Gasteiger partial charge in [-0.05, 0) is 41.1 Å². The molecule has 0 aliphatic heterocycles. The quantitative estimate of drug-likeness (QED) is 0.879. The smallest absolute Gasteiger partial charge is 0.359 e. The van der Waals surface area contributed by atoms with E-state index in [9.17, 15) is 4.79 Å². The van der Waals surface area contributed by atoms with Crippen LogP contribution < -0.4 is 5.73 Å². The van der Waals surface area contributed by atoms with Gasteiger partial charge in [-0.2, -0.15) is 0 Å². The molecular formula is C13H12BrN3O2. The number of hydrogen-bond donors (Lipinski definition) is 1. The molecule has 2 N–H and O–H groups in total. The number of anilines is 1. The van der Waals surface area contributed by atoms with E-state index in [1.54, 1.807) is 31.5 Å². The lowest BCUT2D eigenvalue weighted by atomic mass is 10.1. The molecule has 2 heterocycles. The summed E-state index contributed by atoms with van der Waals surface area (Å²) in [4.78, 5) is 20.1. The van der Waals surface area contributed by atoms with Crippen LogP contribution >= 0.6 is 15.9 Å². The Hall–Kier alpha value is -1.95. The van der Waals surface area contributed by atoms with Crippen molar-refractivity contribution in [2.45, 2.75) is 6.92 Å². The summed E-state index contributed by atoms with van der Waals surface area (Å²) in [5.74, 6) is -0.536. The third-order valence-electron chi connectivity index (χ3n) is 2.43. The van der Waals surface area contributed by atoms with E-state index in [0.717, 1.165) is 5.56 Å². The number of esters is 1. The van der Waals surface area contributed by atoms with Gasteiger partial charge in [-0.3, -0.25) is 4.98 Å². The van der Waals surface area contributed by atoms with E-state index in [2.05, 4.69) is 25.9 Å². The Morgan fingerprint density at radius 3 is 2.95 bits per heavy atom.